The van der Waals surface area contributed by atoms with Crippen LogP contribution in [0.4, 0.5) is 0 Å². The Hall–Kier alpha value is -0.120. The van der Waals surface area contributed by atoms with Gasteiger partial charge in [0, 0.05) is 31.7 Å². The molecule has 3 heteroatoms. The topological polar surface area (TPSA) is 32.7 Å². The zero-order valence-corrected chi connectivity index (χ0v) is 12.2. The lowest BCUT2D eigenvalue weighted by Gasteiger charge is -2.45. The zero-order valence-electron chi connectivity index (χ0n) is 12.2. The van der Waals surface area contributed by atoms with E-state index in [1.165, 1.54) is 25.7 Å². The molecule has 1 heterocycles. The molecule has 0 aromatic carbocycles. The first-order valence-corrected chi connectivity index (χ1v) is 7.52. The number of aliphatic hydroxyl groups is 1. The highest BCUT2D eigenvalue weighted by molar-refractivity contribution is 4.89. The highest BCUT2D eigenvalue weighted by Crippen LogP contribution is 2.40. The molecule has 2 aliphatic rings. The molecular formula is C15H29NO2. The van der Waals surface area contributed by atoms with Crippen molar-refractivity contribution in [3.8, 4) is 0 Å². The second-order valence-corrected chi connectivity index (χ2v) is 6.81. The van der Waals surface area contributed by atoms with Crippen LogP contribution < -0.4 is 0 Å². The van der Waals surface area contributed by atoms with Crippen LogP contribution in [0, 0.1) is 11.3 Å². The summed E-state index contributed by atoms with van der Waals surface area (Å²) in [5.74, 6) is 0.766. The average Bonchev–Trinajstić information content (AvgIpc) is 2.27. The van der Waals surface area contributed by atoms with E-state index in [1.807, 2.05) is 0 Å². The van der Waals surface area contributed by atoms with Crippen LogP contribution in [0.25, 0.3) is 0 Å². The Morgan fingerprint density at radius 3 is 2.44 bits per heavy atom. The molecule has 1 aliphatic heterocycles. The van der Waals surface area contributed by atoms with Crippen LogP contribution in [0.2, 0.25) is 0 Å². The molecule has 4 unspecified atom stereocenters. The minimum atomic E-state index is 0.147. The van der Waals surface area contributed by atoms with Gasteiger partial charge in [-0.2, -0.15) is 0 Å². The highest BCUT2D eigenvalue weighted by Gasteiger charge is 2.37. The normalized spacial score (nSPS) is 43.0. The summed E-state index contributed by atoms with van der Waals surface area (Å²) in [4.78, 5) is 2.51. The molecule has 2 rings (SSSR count). The lowest BCUT2D eigenvalue weighted by atomic mass is 9.70. The number of hydrogen-bond donors (Lipinski definition) is 1. The van der Waals surface area contributed by atoms with Gasteiger partial charge in [0.05, 0.1) is 12.2 Å². The lowest BCUT2D eigenvalue weighted by molar-refractivity contribution is -0.0873. The molecule has 1 saturated carbocycles. The lowest BCUT2D eigenvalue weighted by Crippen LogP contribution is -2.51. The molecule has 0 radical (unpaired) electrons. The van der Waals surface area contributed by atoms with Gasteiger partial charge in [-0.05, 0) is 32.6 Å². The third-order valence-electron chi connectivity index (χ3n) is 4.58. The molecule has 2 fully saturated rings. The second kappa shape index (κ2) is 5.89. The zero-order chi connectivity index (χ0) is 13.2. The van der Waals surface area contributed by atoms with Crippen molar-refractivity contribution >= 4 is 0 Å². The van der Waals surface area contributed by atoms with Gasteiger partial charge in [0.15, 0.2) is 0 Å². The van der Waals surface area contributed by atoms with Gasteiger partial charge in [-0.15, -0.1) is 0 Å². The number of aliphatic hydroxyl groups excluding tert-OH is 1. The van der Waals surface area contributed by atoms with E-state index in [4.69, 9.17) is 4.74 Å². The summed E-state index contributed by atoms with van der Waals surface area (Å²) in [6.45, 7) is 10.0. The molecule has 1 saturated heterocycles. The molecule has 0 aromatic heterocycles. The van der Waals surface area contributed by atoms with E-state index in [0.717, 1.165) is 25.6 Å². The third-order valence-corrected chi connectivity index (χ3v) is 4.58. The maximum atomic E-state index is 9.86. The van der Waals surface area contributed by atoms with Crippen molar-refractivity contribution in [2.24, 2.45) is 11.3 Å². The van der Waals surface area contributed by atoms with Crippen LogP contribution in [-0.2, 0) is 4.74 Å². The number of ether oxygens (including phenoxy) is 1. The van der Waals surface area contributed by atoms with Crippen molar-refractivity contribution in [3.05, 3.63) is 0 Å². The van der Waals surface area contributed by atoms with Gasteiger partial charge in [0.2, 0.25) is 0 Å². The van der Waals surface area contributed by atoms with Gasteiger partial charge in [0.25, 0.3) is 0 Å². The quantitative estimate of drug-likeness (QED) is 0.840. The molecule has 1 aliphatic carbocycles. The SMILES string of the molecule is CC1CCCC(CO)(CN2CC(C)OC(C)C2)C1. The Kier molecular flexibility index (Phi) is 4.68. The summed E-state index contributed by atoms with van der Waals surface area (Å²) < 4.78 is 5.79. The van der Waals surface area contributed by atoms with Crippen LogP contribution in [0.3, 0.4) is 0 Å². The third kappa shape index (κ3) is 3.46. The largest absolute Gasteiger partial charge is 0.396 e. The van der Waals surface area contributed by atoms with E-state index in [-0.39, 0.29) is 5.41 Å². The van der Waals surface area contributed by atoms with Crippen molar-refractivity contribution in [2.45, 2.75) is 58.7 Å². The van der Waals surface area contributed by atoms with Gasteiger partial charge in [0.1, 0.15) is 0 Å². The van der Waals surface area contributed by atoms with E-state index < -0.39 is 0 Å². The summed E-state index contributed by atoms with van der Waals surface area (Å²) in [6.07, 6.45) is 5.63. The molecule has 18 heavy (non-hydrogen) atoms. The molecule has 3 nitrogen and oxygen atoms in total. The van der Waals surface area contributed by atoms with Gasteiger partial charge < -0.3 is 9.84 Å². The first-order chi connectivity index (χ1) is 8.53. The monoisotopic (exact) mass is 255 g/mol. The maximum Gasteiger partial charge on any atom is 0.0678 e. The van der Waals surface area contributed by atoms with Crippen molar-refractivity contribution in [1.29, 1.82) is 0 Å². The summed E-state index contributed by atoms with van der Waals surface area (Å²) in [7, 11) is 0. The molecule has 0 bridgehead atoms. The first kappa shape index (κ1) is 14.3. The molecular weight excluding hydrogens is 226 g/mol. The summed E-state index contributed by atoms with van der Waals surface area (Å²) in [5, 5.41) is 9.86. The summed E-state index contributed by atoms with van der Waals surface area (Å²) >= 11 is 0. The Balaban J connectivity index is 1.96. The Morgan fingerprint density at radius 2 is 1.89 bits per heavy atom. The van der Waals surface area contributed by atoms with Crippen molar-refractivity contribution in [1.82, 2.24) is 4.90 Å². The van der Waals surface area contributed by atoms with Crippen molar-refractivity contribution < 1.29 is 9.84 Å². The van der Waals surface area contributed by atoms with Crippen LogP contribution in [0.15, 0.2) is 0 Å². The summed E-state index contributed by atoms with van der Waals surface area (Å²) in [6, 6.07) is 0. The molecule has 0 amide bonds. The average molecular weight is 255 g/mol. The van der Waals surface area contributed by atoms with Crippen molar-refractivity contribution in [3.63, 3.8) is 0 Å². The number of nitrogens with zero attached hydrogens (tertiary/aromatic N) is 1. The maximum absolute atomic E-state index is 9.86. The Labute approximate surface area is 112 Å². The fourth-order valence-electron chi connectivity index (χ4n) is 3.99. The van der Waals surface area contributed by atoms with E-state index >= 15 is 0 Å². The number of rotatable bonds is 3. The van der Waals surface area contributed by atoms with Gasteiger partial charge in [-0.25, -0.2) is 0 Å². The van der Waals surface area contributed by atoms with Crippen LogP contribution in [0.5, 0.6) is 0 Å². The van der Waals surface area contributed by atoms with Gasteiger partial charge in [-0.1, -0.05) is 19.8 Å². The van der Waals surface area contributed by atoms with E-state index in [1.54, 1.807) is 0 Å². The van der Waals surface area contributed by atoms with Crippen LogP contribution >= 0.6 is 0 Å². The fourth-order valence-corrected chi connectivity index (χ4v) is 3.99. The standard InChI is InChI=1S/C15H29NO2/c1-12-5-4-6-15(7-12,11-17)10-16-8-13(2)18-14(3)9-16/h12-14,17H,4-11H2,1-3H3. The van der Waals surface area contributed by atoms with Crippen LogP contribution in [0.1, 0.15) is 46.5 Å². The van der Waals surface area contributed by atoms with Gasteiger partial charge in [-0.3, -0.25) is 4.90 Å². The Bertz CT molecular complexity index is 261. The van der Waals surface area contributed by atoms with Gasteiger partial charge >= 0.3 is 0 Å². The predicted molar refractivity (Wildman–Crippen MR) is 73.6 cm³/mol. The summed E-state index contributed by atoms with van der Waals surface area (Å²) in [5.41, 5.74) is 0.147. The fraction of sp³-hybridized carbons (Fsp3) is 1.00. The molecule has 4 atom stereocenters. The molecule has 0 aromatic rings. The Morgan fingerprint density at radius 1 is 1.22 bits per heavy atom. The molecule has 106 valence electrons. The second-order valence-electron chi connectivity index (χ2n) is 6.81. The van der Waals surface area contributed by atoms with E-state index in [0.29, 0.717) is 18.8 Å². The number of hydrogen-bond acceptors (Lipinski definition) is 3. The smallest absolute Gasteiger partial charge is 0.0678 e. The van der Waals surface area contributed by atoms with E-state index in [2.05, 4.69) is 25.7 Å². The first-order valence-electron chi connectivity index (χ1n) is 7.52. The van der Waals surface area contributed by atoms with Crippen molar-refractivity contribution in [2.75, 3.05) is 26.2 Å². The highest BCUT2D eigenvalue weighted by atomic mass is 16.5. The molecule has 1 N–H and O–H groups in total. The minimum absolute atomic E-state index is 0.147. The van der Waals surface area contributed by atoms with Crippen LogP contribution in [-0.4, -0.2) is 48.5 Å². The minimum Gasteiger partial charge on any atom is -0.396 e. The molecule has 0 spiro atoms. The predicted octanol–water partition coefficient (Wildman–Crippen LogP) is 2.28. The number of morpholine rings is 1. The van der Waals surface area contributed by atoms with E-state index in [9.17, 15) is 5.11 Å².